The average Bonchev–Trinajstić information content (AvgIpc) is 3.18. The lowest BCUT2D eigenvalue weighted by atomic mass is 10.00. The Hall–Kier alpha value is -1.87. The summed E-state index contributed by atoms with van der Waals surface area (Å²) in [6.45, 7) is 5.34. The smallest absolute Gasteiger partial charge is 0.273 e. The predicted octanol–water partition coefficient (Wildman–Crippen LogP) is 0.410. The van der Waals surface area contributed by atoms with Crippen LogP contribution in [0, 0.1) is 12.8 Å². The van der Waals surface area contributed by atoms with E-state index in [0.717, 1.165) is 29.6 Å². The Morgan fingerprint density at radius 2 is 2.39 bits per heavy atom. The van der Waals surface area contributed by atoms with Crippen molar-refractivity contribution in [1.29, 1.82) is 0 Å². The van der Waals surface area contributed by atoms with E-state index >= 15 is 0 Å². The lowest BCUT2D eigenvalue weighted by Crippen LogP contribution is -2.32. The molecule has 1 atom stereocenters. The molecular weight excluding hydrogens is 314 g/mol. The van der Waals surface area contributed by atoms with E-state index in [1.165, 1.54) is 12.8 Å². The van der Waals surface area contributed by atoms with E-state index in [0.29, 0.717) is 24.6 Å². The monoisotopic (exact) mass is 335 g/mol. The van der Waals surface area contributed by atoms with E-state index in [1.54, 1.807) is 22.2 Å². The summed E-state index contributed by atoms with van der Waals surface area (Å²) in [5.74, 6) is 0.362. The van der Waals surface area contributed by atoms with Crippen LogP contribution in [0.1, 0.15) is 33.3 Å². The Morgan fingerprint density at radius 3 is 3.13 bits per heavy atom. The third-order valence-electron chi connectivity index (χ3n) is 3.81. The lowest BCUT2D eigenvalue weighted by molar-refractivity contribution is 0.0949. The van der Waals surface area contributed by atoms with Gasteiger partial charge in [-0.1, -0.05) is 5.21 Å². The van der Waals surface area contributed by atoms with Gasteiger partial charge in [0, 0.05) is 19.5 Å². The van der Waals surface area contributed by atoms with E-state index in [2.05, 4.69) is 31.1 Å². The van der Waals surface area contributed by atoms with E-state index in [4.69, 9.17) is 0 Å². The fourth-order valence-electron chi connectivity index (χ4n) is 2.65. The molecule has 0 radical (unpaired) electrons. The van der Waals surface area contributed by atoms with Gasteiger partial charge in [0.25, 0.3) is 5.91 Å². The minimum atomic E-state index is -0.195. The summed E-state index contributed by atoms with van der Waals surface area (Å²) in [6, 6.07) is 0. The first kappa shape index (κ1) is 16.0. The molecule has 124 valence electrons. The molecule has 1 fully saturated rings. The molecule has 3 rings (SSSR count). The van der Waals surface area contributed by atoms with Crippen molar-refractivity contribution in [3.63, 3.8) is 0 Å². The number of hydrogen-bond acceptors (Lipinski definition) is 7. The number of aromatic nitrogens is 5. The zero-order valence-corrected chi connectivity index (χ0v) is 14.0. The van der Waals surface area contributed by atoms with E-state index in [-0.39, 0.29) is 5.91 Å². The predicted molar refractivity (Wildman–Crippen MR) is 86.3 cm³/mol. The van der Waals surface area contributed by atoms with Gasteiger partial charge in [-0.25, -0.2) is 0 Å². The molecule has 0 bridgehead atoms. The number of carbonyl (C=O) groups is 1. The summed E-state index contributed by atoms with van der Waals surface area (Å²) >= 11 is 1.55. The highest BCUT2D eigenvalue weighted by molar-refractivity contribution is 7.11. The Labute approximate surface area is 138 Å². The summed E-state index contributed by atoms with van der Waals surface area (Å²) in [5, 5.41) is 24.1. The third-order valence-corrected chi connectivity index (χ3v) is 4.71. The van der Waals surface area contributed by atoms with Crippen LogP contribution >= 0.6 is 11.3 Å². The molecule has 23 heavy (non-hydrogen) atoms. The Morgan fingerprint density at radius 1 is 1.48 bits per heavy atom. The van der Waals surface area contributed by atoms with Crippen LogP contribution in [0.15, 0.2) is 6.20 Å². The van der Waals surface area contributed by atoms with Crippen molar-refractivity contribution in [3.05, 3.63) is 21.9 Å². The van der Waals surface area contributed by atoms with Crippen molar-refractivity contribution in [2.24, 2.45) is 5.92 Å². The summed E-state index contributed by atoms with van der Waals surface area (Å²) in [5.41, 5.74) is 0.363. The summed E-state index contributed by atoms with van der Waals surface area (Å²) in [4.78, 5) is 12.1. The second kappa shape index (κ2) is 7.60. The minimum absolute atomic E-state index is 0.195. The highest BCUT2D eigenvalue weighted by atomic mass is 32.1. The first-order valence-corrected chi connectivity index (χ1v) is 8.70. The third kappa shape index (κ3) is 4.55. The molecular formula is C14H21N7OS. The maximum Gasteiger partial charge on any atom is 0.273 e. The Kier molecular flexibility index (Phi) is 5.29. The quantitative estimate of drug-likeness (QED) is 0.793. The van der Waals surface area contributed by atoms with Crippen molar-refractivity contribution < 1.29 is 4.79 Å². The van der Waals surface area contributed by atoms with Gasteiger partial charge in [-0.05, 0) is 38.8 Å². The topological polar surface area (TPSA) is 97.6 Å². The van der Waals surface area contributed by atoms with Crippen LogP contribution in [-0.4, -0.2) is 50.7 Å². The van der Waals surface area contributed by atoms with Gasteiger partial charge in [0.05, 0.1) is 6.20 Å². The molecule has 8 nitrogen and oxygen atoms in total. The maximum atomic E-state index is 12.1. The number of carbonyl (C=O) groups excluding carboxylic acids is 1. The molecule has 1 aliphatic rings. The largest absolute Gasteiger partial charge is 0.350 e. The van der Waals surface area contributed by atoms with Gasteiger partial charge < -0.3 is 10.6 Å². The van der Waals surface area contributed by atoms with Crippen LogP contribution in [0.4, 0.5) is 0 Å². The highest BCUT2D eigenvalue weighted by Crippen LogP contribution is 2.12. The van der Waals surface area contributed by atoms with E-state index in [9.17, 15) is 4.79 Å². The normalized spacial score (nSPS) is 18.0. The maximum absolute atomic E-state index is 12.1. The first-order valence-electron chi connectivity index (χ1n) is 7.89. The van der Waals surface area contributed by atoms with Crippen molar-refractivity contribution in [2.75, 3.05) is 19.6 Å². The molecule has 0 aromatic carbocycles. The molecule has 0 saturated carbocycles. The molecule has 1 aliphatic heterocycles. The van der Waals surface area contributed by atoms with Gasteiger partial charge in [-0.3, -0.25) is 9.48 Å². The molecule has 0 spiro atoms. The summed E-state index contributed by atoms with van der Waals surface area (Å²) in [7, 11) is 0. The Balaban J connectivity index is 1.45. The molecule has 1 unspecified atom stereocenters. The van der Waals surface area contributed by atoms with Crippen LogP contribution in [0.25, 0.3) is 0 Å². The van der Waals surface area contributed by atoms with Gasteiger partial charge in [-0.2, -0.15) is 0 Å². The first-order chi connectivity index (χ1) is 11.2. The number of piperidine rings is 1. The Bertz CT molecular complexity index is 647. The molecule has 3 heterocycles. The summed E-state index contributed by atoms with van der Waals surface area (Å²) in [6.07, 6.45) is 4.78. The van der Waals surface area contributed by atoms with E-state index in [1.807, 2.05) is 6.92 Å². The molecule has 2 aromatic rings. The van der Waals surface area contributed by atoms with Gasteiger partial charge in [0.2, 0.25) is 0 Å². The van der Waals surface area contributed by atoms with Crippen LogP contribution in [-0.2, 0) is 13.0 Å². The number of amides is 1. The SMILES string of the molecule is Cc1nnc(CCNC(=O)c2cn(CC3CCCNC3)nn2)s1. The molecule has 0 aliphatic carbocycles. The second-order valence-corrected chi connectivity index (χ2v) is 7.03. The lowest BCUT2D eigenvalue weighted by Gasteiger charge is -2.22. The van der Waals surface area contributed by atoms with Gasteiger partial charge in [0.15, 0.2) is 5.69 Å². The van der Waals surface area contributed by atoms with Gasteiger partial charge >= 0.3 is 0 Å². The molecule has 2 N–H and O–H groups in total. The fraction of sp³-hybridized carbons (Fsp3) is 0.643. The van der Waals surface area contributed by atoms with Crippen molar-refractivity contribution in [1.82, 2.24) is 35.8 Å². The second-order valence-electron chi connectivity index (χ2n) is 5.76. The van der Waals surface area contributed by atoms with Crippen molar-refractivity contribution in [3.8, 4) is 0 Å². The van der Waals surface area contributed by atoms with Crippen LogP contribution < -0.4 is 10.6 Å². The highest BCUT2D eigenvalue weighted by Gasteiger charge is 2.16. The molecule has 1 amide bonds. The van der Waals surface area contributed by atoms with Crippen LogP contribution in [0.3, 0.4) is 0 Å². The minimum Gasteiger partial charge on any atom is -0.350 e. The average molecular weight is 335 g/mol. The standard InChI is InChI=1S/C14H21N7OS/c1-10-17-19-13(23-10)4-6-16-14(22)12-9-21(20-18-12)8-11-3-2-5-15-7-11/h9,11,15H,2-8H2,1H3,(H,16,22). The number of nitrogens with one attached hydrogen (secondary N) is 2. The van der Waals surface area contributed by atoms with Crippen molar-refractivity contribution in [2.45, 2.75) is 32.7 Å². The zero-order chi connectivity index (χ0) is 16.1. The zero-order valence-electron chi connectivity index (χ0n) is 13.2. The summed E-state index contributed by atoms with van der Waals surface area (Å²) < 4.78 is 1.76. The van der Waals surface area contributed by atoms with Crippen LogP contribution in [0.5, 0.6) is 0 Å². The van der Waals surface area contributed by atoms with Crippen LogP contribution in [0.2, 0.25) is 0 Å². The number of hydrogen-bond donors (Lipinski definition) is 2. The van der Waals surface area contributed by atoms with Gasteiger partial charge in [-0.15, -0.1) is 26.6 Å². The molecule has 9 heteroatoms. The van der Waals surface area contributed by atoms with E-state index < -0.39 is 0 Å². The number of aryl methyl sites for hydroxylation is 1. The van der Waals surface area contributed by atoms with Crippen molar-refractivity contribution >= 4 is 17.2 Å². The molecule has 2 aromatic heterocycles. The molecule has 1 saturated heterocycles. The number of rotatable bonds is 6. The van der Waals surface area contributed by atoms with Gasteiger partial charge in [0.1, 0.15) is 10.0 Å². The fourth-order valence-corrected chi connectivity index (χ4v) is 3.36. The number of nitrogens with zero attached hydrogens (tertiary/aromatic N) is 5.